The number of esters is 1. The third-order valence-electron chi connectivity index (χ3n) is 4.39. The zero-order valence-electron chi connectivity index (χ0n) is 17.1. The first-order chi connectivity index (χ1) is 12.7. The maximum atomic E-state index is 11.7. The molecule has 27 heavy (non-hydrogen) atoms. The number of aliphatic hydroxyl groups is 2. The van der Waals surface area contributed by atoms with Crippen molar-refractivity contribution >= 4 is 5.97 Å². The van der Waals surface area contributed by atoms with Crippen molar-refractivity contribution in [2.24, 2.45) is 5.73 Å². The second-order valence-corrected chi connectivity index (χ2v) is 7.97. The molecule has 1 rings (SSSR count). The van der Waals surface area contributed by atoms with Crippen molar-refractivity contribution < 1.29 is 19.7 Å². The molecule has 0 radical (unpaired) electrons. The number of nitrogens with two attached hydrogens (primary N) is 1. The van der Waals surface area contributed by atoms with Gasteiger partial charge in [-0.2, -0.15) is 0 Å². The number of ether oxygens (including phenoxy) is 1. The lowest BCUT2D eigenvalue weighted by atomic mass is 10.1. The van der Waals surface area contributed by atoms with E-state index in [0.717, 1.165) is 45.6 Å². The average molecular weight is 384 g/mol. The van der Waals surface area contributed by atoms with Crippen LogP contribution >= 0.6 is 0 Å². The van der Waals surface area contributed by atoms with Gasteiger partial charge in [0.2, 0.25) is 5.76 Å². The van der Waals surface area contributed by atoms with E-state index in [0.29, 0.717) is 12.4 Å². The molecule has 0 aromatic rings. The van der Waals surface area contributed by atoms with Crippen molar-refractivity contribution in [1.82, 2.24) is 9.80 Å². The summed E-state index contributed by atoms with van der Waals surface area (Å²) in [5.41, 5.74) is 5.43. The minimum absolute atomic E-state index is 0.293. The Bertz CT molecular complexity index is 504. The summed E-state index contributed by atoms with van der Waals surface area (Å²) in [5.74, 6) is -0.670. The Morgan fingerprint density at radius 2 is 1.63 bits per heavy atom. The second-order valence-electron chi connectivity index (χ2n) is 7.97. The quantitative estimate of drug-likeness (QED) is 0.175. The van der Waals surface area contributed by atoms with Gasteiger partial charge in [-0.25, -0.2) is 4.79 Å². The SMILES string of the molecule is CC(C)(C)OC(=O)/C(O)=C/C=C(\N)N1CCN(CCCCCCCO)CC1. The topological polar surface area (TPSA) is 99.3 Å². The largest absolute Gasteiger partial charge is 0.502 e. The molecule has 1 fully saturated rings. The van der Waals surface area contributed by atoms with E-state index in [9.17, 15) is 9.90 Å². The summed E-state index contributed by atoms with van der Waals surface area (Å²) in [6.07, 6.45) is 8.43. The van der Waals surface area contributed by atoms with E-state index in [1.807, 2.05) is 0 Å². The van der Waals surface area contributed by atoms with Crippen LogP contribution in [0.15, 0.2) is 23.7 Å². The van der Waals surface area contributed by atoms with E-state index in [-0.39, 0.29) is 0 Å². The molecule has 1 heterocycles. The predicted octanol–water partition coefficient (Wildman–Crippen LogP) is 2.13. The maximum absolute atomic E-state index is 11.7. The minimum Gasteiger partial charge on any atom is -0.502 e. The van der Waals surface area contributed by atoms with Crippen LogP contribution in [-0.4, -0.2) is 70.9 Å². The van der Waals surface area contributed by atoms with E-state index < -0.39 is 17.3 Å². The molecule has 0 aromatic carbocycles. The Balaban J connectivity index is 2.33. The molecule has 0 aliphatic carbocycles. The molecule has 0 amide bonds. The van der Waals surface area contributed by atoms with E-state index >= 15 is 0 Å². The van der Waals surface area contributed by atoms with Crippen molar-refractivity contribution in [1.29, 1.82) is 0 Å². The fraction of sp³-hybridized carbons (Fsp3) is 0.750. The molecule has 4 N–H and O–H groups in total. The smallest absolute Gasteiger partial charge is 0.373 e. The number of hydrogen-bond acceptors (Lipinski definition) is 7. The van der Waals surface area contributed by atoms with Crippen molar-refractivity contribution in [2.45, 2.75) is 58.5 Å². The van der Waals surface area contributed by atoms with Crippen LogP contribution in [0, 0.1) is 0 Å². The molecular formula is C20H37N3O4. The molecular weight excluding hydrogens is 346 g/mol. The van der Waals surface area contributed by atoms with Gasteiger partial charge < -0.3 is 25.6 Å². The normalized spacial score (nSPS) is 17.3. The van der Waals surface area contributed by atoms with Crippen molar-refractivity contribution in [3.63, 3.8) is 0 Å². The molecule has 0 aromatic heterocycles. The highest BCUT2D eigenvalue weighted by Crippen LogP contribution is 2.11. The second kappa shape index (κ2) is 11.9. The summed E-state index contributed by atoms with van der Waals surface area (Å²) in [4.78, 5) is 16.2. The fourth-order valence-electron chi connectivity index (χ4n) is 2.88. The molecule has 0 spiro atoms. The Morgan fingerprint density at radius 3 is 2.22 bits per heavy atom. The van der Waals surface area contributed by atoms with Crippen LogP contribution in [0.25, 0.3) is 0 Å². The van der Waals surface area contributed by atoms with Gasteiger partial charge in [-0.05, 0) is 52.3 Å². The molecule has 156 valence electrons. The summed E-state index contributed by atoms with van der Waals surface area (Å²) < 4.78 is 5.10. The van der Waals surface area contributed by atoms with Gasteiger partial charge in [0.05, 0.1) is 5.82 Å². The molecule has 0 bridgehead atoms. The van der Waals surface area contributed by atoms with Crippen LogP contribution in [0.5, 0.6) is 0 Å². The summed E-state index contributed by atoms with van der Waals surface area (Å²) in [5, 5.41) is 18.6. The zero-order chi connectivity index (χ0) is 20.3. The first kappa shape index (κ1) is 23.3. The molecule has 7 nitrogen and oxygen atoms in total. The summed E-state index contributed by atoms with van der Waals surface area (Å²) >= 11 is 0. The van der Waals surface area contributed by atoms with Crippen LogP contribution < -0.4 is 5.73 Å². The molecule has 0 unspecified atom stereocenters. The molecule has 7 heteroatoms. The van der Waals surface area contributed by atoms with Gasteiger partial charge in [0, 0.05) is 32.8 Å². The van der Waals surface area contributed by atoms with Gasteiger partial charge in [0.25, 0.3) is 0 Å². The van der Waals surface area contributed by atoms with Gasteiger partial charge in [0.1, 0.15) is 5.60 Å². The standard InChI is InChI=1S/C20H37N3O4/c1-20(2,3)27-19(26)17(25)9-10-18(21)23-14-12-22(13-15-23)11-7-5-4-6-8-16-24/h9-10,24-25H,4-8,11-16,21H2,1-3H3/b17-9-,18-10+. The first-order valence-corrected chi connectivity index (χ1v) is 9.91. The lowest BCUT2D eigenvalue weighted by Crippen LogP contribution is -2.47. The summed E-state index contributed by atoms with van der Waals surface area (Å²) in [7, 11) is 0. The highest BCUT2D eigenvalue weighted by atomic mass is 16.6. The van der Waals surface area contributed by atoms with Crippen LogP contribution in [0.4, 0.5) is 0 Å². The summed E-state index contributed by atoms with van der Waals surface area (Å²) in [6, 6.07) is 0. The van der Waals surface area contributed by atoms with Crippen LogP contribution in [0.1, 0.15) is 52.9 Å². The number of hydrogen-bond donors (Lipinski definition) is 3. The number of carbonyl (C=O) groups is 1. The molecule has 1 aliphatic heterocycles. The highest BCUT2D eigenvalue weighted by Gasteiger charge is 2.20. The Labute approximate surface area is 163 Å². The lowest BCUT2D eigenvalue weighted by molar-refractivity contribution is -0.153. The molecule has 0 atom stereocenters. The van der Waals surface area contributed by atoms with Crippen LogP contribution in [0.2, 0.25) is 0 Å². The number of piperazine rings is 1. The van der Waals surface area contributed by atoms with E-state index in [1.165, 1.54) is 25.3 Å². The monoisotopic (exact) mass is 383 g/mol. The zero-order valence-corrected chi connectivity index (χ0v) is 17.1. The van der Waals surface area contributed by atoms with Crippen molar-refractivity contribution in [2.75, 3.05) is 39.3 Å². The number of nitrogens with zero attached hydrogens (tertiary/aromatic N) is 2. The van der Waals surface area contributed by atoms with Crippen molar-refractivity contribution in [3.8, 4) is 0 Å². The number of aliphatic hydroxyl groups excluding tert-OH is 2. The van der Waals surface area contributed by atoms with E-state index in [2.05, 4.69) is 9.80 Å². The number of carbonyl (C=O) groups excluding carboxylic acids is 1. The third kappa shape index (κ3) is 10.2. The average Bonchev–Trinajstić information content (AvgIpc) is 2.61. The fourth-order valence-corrected chi connectivity index (χ4v) is 2.88. The number of rotatable bonds is 10. The van der Waals surface area contributed by atoms with Gasteiger partial charge in [-0.15, -0.1) is 0 Å². The molecule has 0 saturated carbocycles. The van der Waals surface area contributed by atoms with Crippen LogP contribution in [0.3, 0.4) is 0 Å². The Hall–Kier alpha value is -1.73. The van der Waals surface area contributed by atoms with Gasteiger partial charge in [-0.1, -0.05) is 19.3 Å². The van der Waals surface area contributed by atoms with Gasteiger partial charge in [-0.3, -0.25) is 4.90 Å². The van der Waals surface area contributed by atoms with E-state index in [1.54, 1.807) is 26.8 Å². The summed E-state index contributed by atoms with van der Waals surface area (Å²) in [6.45, 7) is 10.2. The van der Waals surface area contributed by atoms with Crippen molar-refractivity contribution in [3.05, 3.63) is 23.7 Å². The molecule has 1 saturated heterocycles. The predicted molar refractivity (Wildman–Crippen MR) is 107 cm³/mol. The molecule has 1 aliphatic rings. The minimum atomic E-state index is -0.754. The number of unbranched alkanes of at least 4 members (excludes halogenated alkanes) is 4. The first-order valence-electron chi connectivity index (χ1n) is 9.91. The third-order valence-corrected chi connectivity index (χ3v) is 4.39. The maximum Gasteiger partial charge on any atom is 0.373 e. The van der Waals surface area contributed by atoms with Gasteiger partial charge in [0.15, 0.2) is 0 Å². The van der Waals surface area contributed by atoms with Crippen LogP contribution in [-0.2, 0) is 9.53 Å². The van der Waals surface area contributed by atoms with Gasteiger partial charge >= 0.3 is 5.97 Å². The Morgan fingerprint density at radius 1 is 1.04 bits per heavy atom. The van der Waals surface area contributed by atoms with E-state index in [4.69, 9.17) is 15.6 Å². The lowest BCUT2D eigenvalue weighted by Gasteiger charge is -2.36. The number of allylic oxidation sites excluding steroid dienone is 2. The highest BCUT2D eigenvalue weighted by molar-refractivity contribution is 5.86. The Kier molecular flexibility index (Phi) is 10.3.